The molecule has 0 atom stereocenters. The minimum atomic E-state index is -0.604. The van der Waals surface area contributed by atoms with E-state index in [2.05, 4.69) is 4.74 Å². The Balaban J connectivity index is 2.24. The van der Waals surface area contributed by atoms with Crippen LogP contribution in [0.5, 0.6) is 0 Å². The number of aromatic nitrogens is 1. The average molecular weight is 251 g/mol. The van der Waals surface area contributed by atoms with E-state index in [-0.39, 0.29) is 17.9 Å². The highest BCUT2D eigenvalue weighted by atomic mass is 19.1. The number of pyridine rings is 1. The first-order chi connectivity index (χ1) is 8.60. The first kappa shape index (κ1) is 12.1. The number of nitrogens with zero attached hydrogens (tertiary/aromatic N) is 1. The molecule has 94 valence electrons. The first-order valence-electron chi connectivity index (χ1n) is 5.13. The zero-order valence-electron chi connectivity index (χ0n) is 9.55. The Kier molecular flexibility index (Phi) is 3.27. The second kappa shape index (κ2) is 4.87. The third kappa shape index (κ3) is 2.48. The van der Waals surface area contributed by atoms with Crippen molar-refractivity contribution in [3.8, 4) is 0 Å². The molecule has 0 saturated heterocycles. The van der Waals surface area contributed by atoms with Crippen molar-refractivity contribution in [3.05, 3.63) is 58.2 Å². The molecule has 18 heavy (non-hydrogen) atoms. The molecule has 0 aliphatic carbocycles. The van der Waals surface area contributed by atoms with Gasteiger partial charge in [0.05, 0.1) is 13.7 Å². The minimum absolute atomic E-state index is 0.0388. The fourth-order valence-corrected chi connectivity index (χ4v) is 1.47. The maximum absolute atomic E-state index is 13.0. The smallest absolute Gasteiger partial charge is 0.373 e. The van der Waals surface area contributed by atoms with Gasteiger partial charge in [0, 0.05) is 12.3 Å². The number of furan rings is 1. The summed E-state index contributed by atoms with van der Waals surface area (Å²) in [5.74, 6) is -0.720. The van der Waals surface area contributed by atoms with Gasteiger partial charge in [0.1, 0.15) is 11.6 Å². The summed E-state index contributed by atoms with van der Waals surface area (Å²) < 4.78 is 23.8. The lowest BCUT2D eigenvalue weighted by Gasteiger charge is -2.02. The summed E-state index contributed by atoms with van der Waals surface area (Å²) in [7, 11) is 1.24. The van der Waals surface area contributed by atoms with Crippen molar-refractivity contribution < 1.29 is 18.3 Å². The van der Waals surface area contributed by atoms with Crippen LogP contribution in [0.4, 0.5) is 4.39 Å². The number of methoxy groups -OCH3 is 1. The molecule has 0 unspecified atom stereocenters. The topological polar surface area (TPSA) is 61.4 Å². The van der Waals surface area contributed by atoms with Gasteiger partial charge in [-0.3, -0.25) is 4.79 Å². The van der Waals surface area contributed by atoms with Crippen LogP contribution in [0.25, 0.3) is 0 Å². The Bertz CT molecular complexity index is 629. The van der Waals surface area contributed by atoms with Gasteiger partial charge in [-0.25, -0.2) is 9.18 Å². The second-order valence-electron chi connectivity index (χ2n) is 3.57. The van der Waals surface area contributed by atoms with Crippen LogP contribution in [0.2, 0.25) is 0 Å². The second-order valence-corrected chi connectivity index (χ2v) is 3.57. The normalized spacial score (nSPS) is 10.3. The Morgan fingerprint density at radius 3 is 2.89 bits per heavy atom. The number of rotatable bonds is 3. The summed E-state index contributed by atoms with van der Waals surface area (Å²) in [6, 6.07) is 5.18. The van der Waals surface area contributed by atoms with Gasteiger partial charge < -0.3 is 13.7 Å². The van der Waals surface area contributed by atoms with Gasteiger partial charge in [0.2, 0.25) is 5.76 Å². The van der Waals surface area contributed by atoms with Crippen LogP contribution >= 0.6 is 0 Å². The van der Waals surface area contributed by atoms with Crippen molar-refractivity contribution in [3.63, 3.8) is 0 Å². The maximum Gasteiger partial charge on any atom is 0.373 e. The molecule has 0 spiro atoms. The summed E-state index contributed by atoms with van der Waals surface area (Å²) in [6.07, 6.45) is 1.07. The molecular formula is C12H10FNO4. The van der Waals surface area contributed by atoms with Crippen LogP contribution in [-0.2, 0) is 11.3 Å². The molecule has 0 N–H and O–H groups in total. The van der Waals surface area contributed by atoms with E-state index in [1.54, 1.807) is 0 Å². The van der Waals surface area contributed by atoms with Crippen molar-refractivity contribution in [2.45, 2.75) is 6.54 Å². The van der Waals surface area contributed by atoms with E-state index in [1.807, 2.05) is 0 Å². The fraction of sp³-hybridized carbons (Fsp3) is 0.167. The zero-order valence-corrected chi connectivity index (χ0v) is 9.55. The monoisotopic (exact) mass is 251 g/mol. The molecule has 0 radical (unpaired) electrons. The number of halogens is 1. The Labute approximate surface area is 101 Å². The number of carbonyl (C=O) groups is 1. The summed E-state index contributed by atoms with van der Waals surface area (Å²) in [5, 5.41) is 0. The largest absolute Gasteiger partial charge is 0.463 e. The highest BCUT2D eigenvalue weighted by Crippen LogP contribution is 2.10. The standard InChI is InChI=1S/C12H10FNO4/c1-17-12(16)10-4-3-9(18-10)7-14-6-8(13)2-5-11(14)15/h2-6H,7H2,1H3. The Hall–Kier alpha value is -2.37. The quantitative estimate of drug-likeness (QED) is 0.774. The maximum atomic E-state index is 13.0. The molecule has 2 aromatic heterocycles. The fourth-order valence-electron chi connectivity index (χ4n) is 1.47. The molecular weight excluding hydrogens is 241 g/mol. The summed E-state index contributed by atoms with van der Waals surface area (Å²) in [5.41, 5.74) is -0.354. The van der Waals surface area contributed by atoms with Gasteiger partial charge in [-0.05, 0) is 18.2 Å². The van der Waals surface area contributed by atoms with Gasteiger partial charge in [-0.2, -0.15) is 0 Å². The van der Waals surface area contributed by atoms with Crippen molar-refractivity contribution in [1.29, 1.82) is 0 Å². The molecule has 2 heterocycles. The first-order valence-corrected chi connectivity index (χ1v) is 5.13. The van der Waals surface area contributed by atoms with Crippen molar-refractivity contribution in [2.24, 2.45) is 0 Å². The molecule has 0 fully saturated rings. The van der Waals surface area contributed by atoms with E-state index in [9.17, 15) is 14.0 Å². The van der Waals surface area contributed by atoms with E-state index in [0.717, 1.165) is 22.9 Å². The summed E-state index contributed by atoms with van der Waals surface area (Å²) in [6.45, 7) is 0.0492. The van der Waals surface area contributed by atoms with E-state index in [1.165, 1.54) is 19.2 Å². The van der Waals surface area contributed by atoms with Crippen LogP contribution in [0.1, 0.15) is 16.3 Å². The lowest BCUT2D eigenvalue weighted by atomic mass is 10.4. The predicted molar refractivity (Wildman–Crippen MR) is 59.8 cm³/mol. The molecule has 0 aliphatic heterocycles. The predicted octanol–water partition coefficient (Wildman–Crippen LogP) is 1.42. The van der Waals surface area contributed by atoms with Gasteiger partial charge in [-0.1, -0.05) is 0 Å². The zero-order chi connectivity index (χ0) is 13.1. The average Bonchev–Trinajstić information content (AvgIpc) is 2.81. The minimum Gasteiger partial charge on any atom is -0.463 e. The van der Waals surface area contributed by atoms with Crippen molar-refractivity contribution in [1.82, 2.24) is 4.57 Å². The summed E-state index contributed by atoms with van der Waals surface area (Å²) >= 11 is 0. The summed E-state index contributed by atoms with van der Waals surface area (Å²) in [4.78, 5) is 22.6. The van der Waals surface area contributed by atoms with Gasteiger partial charge >= 0.3 is 5.97 Å². The molecule has 2 rings (SSSR count). The van der Waals surface area contributed by atoms with Gasteiger partial charge in [-0.15, -0.1) is 0 Å². The highest BCUT2D eigenvalue weighted by molar-refractivity contribution is 5.86. The van der Waals surface area contributed by atoms with Crippen LogP contribution in [0, 0.1) is 5.82 Å². The molecule has 5 nitrogen and oxygen atoms in total. The van der Waals surface area contributed by atoms with Gasteiger partial charge in [0.25, 0.3) is 5.56 Å². The van der Waals surface area contributed by atoms with Crippen LogP contribution < -0.4 is 5.56 Å². The highest BCUT2D eigenvalue weighted by Gasteiger charge is 2.11. The number of hydrogen-bond donors (Lipinski definition) is 0. The molecule has 0 bridgehead atoms. The number of ether oxygens (including phenoxy) is 1. The lowest BCUT2D eigenvalue weighted by molar-refractivity contribution is 0.0563. The number of carbonyl (C=O) groups excluding carboxylic acids is 1. The van der Waals surface area contributed by atoms with Gasteiger partial charge in [0.15, 0.2) is 0 Å². The van der Waals surface area contributed by atoms with Crippen LogP contribution in [0.15, 0.2) is 39.7 Å². The lowest BCUT2D eigenvalue weighted by Crippen LogP contribution is -2.19. The van der Waals surface area contributed by atoms with Crippen LogP contribution in [-0.4, -0.2) is 17.6 Å². The number of hydrogen-bond acceptors (Lipinski definition) is 4. The Morgan fingerprint density at radius 1 is 1.39 bits per heavy atom. The van der Waals surface area contributed by atoms with E-state index >= 15 is 0 Å². The van der Waals surface area contributed by atoms with Crippen molar-refractivity contribution >= 4 is 5.97 Å². The molecule has 0 aliphatic rings. The SMILES string of the molecule is COC(=O)c1ccc(Cn2cc(F)ccc2=O)o1. The third-order valence-electron chi connectivity index (χ3n) is 2.32. The van der Waals surface area contributed by atoms with E-state index in [0.29, 0.717) is 5.76 Å². The molecule has 6 heteroatoms. The Morgan fingerprint density at radius 2 is 2.17 bits per heavy atom. The van der Waals surface area contributed by atoms with Crippen molar-refractivity contribution in [2.75, 3.05) is 7.11 Å². The third-order valence-corrected chi connectivity index (χ3v) is 2.32. The van der Waals surface area contributed by atoms with E-state index < -0.39 is 11.8 Å². The molecule has 0 aromatic carbocycles. The number of esters is 1. The van der Waals surface area contributed by atoms with Crippen LogP contribution in [0.3, 0.4) is 0 Å². The molecule has 2 aromatic rings. The molecule has 0 saturated carbocycles. The van der Waals surface area contributed by atoms with E-state index in [4.69, 9.17) is 4.42 Å². The molecule has 0 amide bonds.